The average Bonchev–Trinajstić information content (AvgIpc) is 3.18. The molecule has 1 aliphatic rings. The van der Waals surface area contributed by atoms with Gasteiger partial charge in [0, 0.05) is 24.6 Å². The number of aliphatic hydroxyl groups excluding tert-OH is 1. The number of imidazole rings is 1. The predicted molar refractivity (Wildman–Crippen MR) is 85.8 cm³/mol. The second kappa shape index (κ2) is 6.19. The van der Waals surface area contributed by atoms with Crippen molar-refractivity contribution in [3.05, 3.63) is 41.9 Å². The predicted octanol–water partition coefficient (Wildman–Crippen LogP) is 1.49. The van der Waals surface area contributed by atoms with E-state index in [9.17, 15) is 9.90 Å². The van der Waals surface area contributed by atoms with Gasteiger partial charge in [0.15, 0.2) is 0 Å². The lowest BCUT2D eigenvalue weighted by Crippen LogP contribution is -2.40. The molecule has 1 fully saturated rings. The zero-order chi connectivity index (χ0) is 16.4. The third kappa shape index (κ3) is 3.31. The van der Waals surface area contributed by atoms with Crippen LogP contribution in [-0.2, 0) is 0 Å². The molecule has 0 spiro atoms. The molecule has 0 saturated carbocycles. The third-order valence-electron chi connectivity index (χ3n) is 3.90. The molecule has 3 rings (SSSR count). The zero-order valence-corrected chi connectivity index (χ0v) is 13.1. The Kier molecular flexibility index (Phi) is 4.25. The third-order valence-corrected chi connectivity index (χ3v) is 4.20. The monoisotopic (exact) mass is 336 g/mol. The quantitative estimate of drug-likeness (QED) is 0.792. The van der Waals surface area contributed by atoms with Crippen molar-refractivity contribution in [1.82, 2.24) is 14.5 Å². The van der Waals surface area contributed by atoms with Gasteiger partial charge in [-0.3, -0.25) is 0 Å². The van der Waals surface area contributed by atoms with E-state index in [1.54, 1.807) is 41.5 Å². The number of aliphatic hydroxyl groups is 2. The van der Waals surface area contributed by atoms with Crippen LogP contribution in [0, 0.1) is 0 Å². The Hall–Kier alpha value is -2.09. The molecule has 7 nitrogen and oxygen atoms in total. The van der Waals surface area contributed by atoms with Gasteiger partial charge in [0.05, 0.1) is 30.2 Å². The largest absolute Gasteiger partial charge is 0.393 e. The first-order chi connectivity index (χ1) is 11.0. The Morgan fingerprint density at radius 2 is 2.30 bits per heavy atom. The number of benzene rings is 1. The normalized spacial score (nSPS) is 20.7. The number of rotatable bonds is 3. The minimum atomic E-state index is -1.21. The van der Waals surface area contributed by atoms with Crippen LogP contribution < -0.4 is 5.32 Å². The molecule has 1 saturated heterocycles. The number of carbonyl (C=O) groups excluding carboxylic acids is 1. The summed E-state index contributed by atoms with van der Waals surface area (Å²) in [5.41, 5.74) is 0.113. The van der Waals surface area contributed by atoms with Gasteiger partial charge in [0.1, 0.15) is 5.60 Å². The number of nitrogens with one attached hydrogen (secondary N) is 1. The van der Waals surface area contributed by atoms with Crippen molar-refractivity contribution >= 4 is 23.3 Å². The smallest absolute Gasteiger partial charge is 0.321 e. The number of halogens is 1. The Balaban J connectivity index is 1.69. The van der Waals surface area contributed by atoms with Crippen molar-refractivity contribution in [3.63, 3.8) is 0 Å². The molecule has 2 aromatic rings. The van der Waals surface area contributed by atoms with E-state index in [1.807, 2.05) is 0 Å². The lowest BCUT2D eigenvalue weighted by atomic mass is 10.1. The highest BCUT2D eigenvalue weighted by Gasteiger charge is 2.37. The van der Waals surface area contributed by atoms with E-state index < -0.39 is 5.60 Å². The van der Waals surface area contributed by atoms with E-state index in [1.165, 1.54) is 4.90 Å². The lowest BCUT2D eigenvalue weighted by Gasteiger charge is -2.21. The second-order valence-electron chi connectivity index (χ2n) is 5.62. The highest BCUT2D eigenvalue weighted by atomic mass is 35.5. The molecule has 122 valence electrons. The van der Waals surface area contributed by atoms with Gasteiger partial charge in [0.2, 0.25) is 0 Å². The van der Waals surface area contributed by atoms with Gasteiger partial charge >= 0.3 is 6.03 Å². The number of β-amino-alcohol motifs (C(OH)–C–C–N with tert-alkyl or cyclic N) is 1. The molecule has 1 atom stereocenters. The van der Waals surface area contributed by atoms with Gasteiger partial charge in [-0.25, -0.2) is 9.78 Å². The molecule has 0 radical (unpaired) electrons. The van der Waals surface area contributed by atoms with Gasteiger partial charge in [-0.15, -0.1) is 0 Å². The topological polar surface area (TPSA) is 90.6 Å². The van der Waals surface area contributed by atoms with E-state index in [-0.39, 0.29) is 19.2 Å². The fraction of sp³-hybridized carbons (Fsp3) is 0.333. The minimum absolute atomic E-state index is 0.107. The summed E-state index contributed by atoms with van der Waals surface area (Å²) in [6, 6.07) is 4.85. The van der Waals surface area contributed by atoms with Gasteiger partial charge in [0.25, 0.3) is 0 Å². The number of hydrogen-bond donors (Lipinski definition) is 3. The van der Waals surface area contributed by atoms with Crippen molar-refractivity contribution in [2.24, 2.45) is 0 Å². The van der Waals surface area contributed by atoms with E-state index in [0.717, 1.165) is 5.69 Å². The molecule has 1 aromatic heterocycles. The standard InChI is InChI=1S/C15H17ClN4O3/c16-12-7-11(1-2-13(12)20-6-4-17-10-20)18-14(22)19-5-3-15(23,8-19)9-21/h1-2,4,6-7,10,21,23H,3,5,8-9H2,(H,18,22)/t15-/m0/s1. The van der Waals surface area contributed by atoms with Crippen LogP contribution in [0.5, 0.6) is 0 Å². The molecule has 0 bridgehead atoms. The van der Waals surface area contributed by atoms with E-state index in [2.05, 4.69) is 10.3 Å². The fourth-order valence-corrected chi connectivity index (χ4v) is 2.84. The van der Waals surface area contributed by atoms with Crippen LogP contribution in [-0.4, -0.2) is 56.0 Å². The minimum Gasteiger partial charge on any atom is -0.393 e. The van der Waals surface area contributed by atoms with Crippen LogP contribution in [0.2, 0.25) is 5.02 Å². The molecule has 0 aliphatic carbocycles. The van der Waals surface area contributed by atoms with Crippen molar-refractivity contribution in [2.45, 2.75) is 12.0 Å². The first kappa shape index (κ1) is 15.8. The molecule has 0 unspecified atom stereocenters. The summed E-state index contributed by atoms with van der Waals surface area (Å²) in [5, 5.41) is 22.3. The summed E-state index contributed by atoms with van der Waals surface area (Å²) in [5.74, 6) is 0. The van der Waals surface area contributed by atoms with Crippen molar-refractivity contribution in [2.75, 3.05) is 25.0 Å². The summed E-state index contributed by atoms with van der Waals surface area (Å²) in [6.45, 7) is 0.141. The molecular formula is C15H17ClN4O3. The van der Waals surface area contributed by atoms with Crippen LogP contribution >= 0.6 is 11.6 Å². The molecular weight excluding hydrogens is 320 g/mol. The van der Waals surface area contributed by atoms with Crippen molar-refractivity contribution in [1.29, 1.82) is 0 Å². The fourth-order valence-electron chi connectivity index (χ4n) is 2.56. The number of anilines is 1. The Morgan fingerprint density at radius 3 is 2.91 bits per heavy atom. The number of carbonyl (C=O) groups is 1. The summed E-state index contributed by atoms with van der Waals surface area (Å²) < 4.78 is 1.77. The molecule has 1 aromatic carbocycles. The van der Waals surface area contributed by atoms with Crippen LogP contribution in [0.1, 0.15) is 6.42 Å². The van der Waals surface area contributed by atoms with Gasteiger partial charge in [-0.1, -0.05) is 11.6 Å². The zero-order valence-electron chi connectivity index (χ0n) is 12.3. The van der Waals surface area contributed by atoms with E-state index >= 15 is 0 Å². The van der Waals surface area contributed by atoms with E-state index in [4.69, 9.17) is 16.7 Å². The Morgan fingerprint density at radius 1 is 1.48 bits per heavy atom. The number of likely N-dealkylation sites (tertiary alicyclic amines) is 1. The maximum atomic E-state index is 12.2. The highest BCUT2D eigenvalue weighted by molar-refractivity contribution is 6.32. The van der Waals surface area contributed by atoms with E-state index in [0.29, 0.717) is 23.7 Å². The number of aromatic nitrogens is 2. The SMILES string of the molecule is O=C(Nc1ccc(-n2ccnc2)c(Cl)c1)N1CC[C@@](O)(CO)C1. The van der Waals surface area contributed by atoms with Crippen LogP contribution in [0.15, 0.2) is 36.9 Å². The number of hydrogen-bond acceptors (Lipinski definition) is 4. The Labute approximate surface area is 138 Å². The second-order valence-corrected chi connectivity index (χ2v) is 6.03. The van der Waals surface area contributed by atoms with Crippen LogP contribution in [0.4, 0.5) is 10.5 Å². The first-order valence-electron chi connectivity index (χ1n) is 7.18. The Bertz CT molecular complexity index is 707. The molecule has 3 N–H and O–H groups in total. The molecule has 2 heterocycles. The van der Waals surface area contributed by atoms with Crippen molar-refractivity contribution in [3.8, 4) is 5.69 Å². The van der Waals surface area contributed by atoms with Gasteiger partial charge in [-0.05, 0) is 24.6 Å². The number of amides is 2. The number of urea groups is 1. The summed E-state index contributed by atoms with van der Waals surface area (Å²) >= 11 is 6.25. The van der Waals surface area contributed by atoms with Crippen molar-refractivity contribution < 1.29 is 15.0 Å². The van der Waals surface area contributed by atoms with Crippen LogP contribution in [0.3, 0.4) is 0 Å². The molecule has 2 amide bonds. The summed E-state index contributed by atoms with van der Waals surface area (Å²) in [4.78, 5) is 17.6. The number of nitrogens with zero attached hydrogens (tertiary/aromatic N) is 3. The summed E-state index contributed by atoms with van der Waals surface area (Å²) in [6.07, 6.45) is 5.43. The van der Waals surface area contributed by atoms with Gasteiger partial charge < -0.3 is 25.0 Å². The molecule has 23 heavy (non-hydrogen) atoms. The van der Waals surface area contributed by atoms with Crippen LogP contribution in [0.25, 0.3) is 5.69 Å². The summed E-state index contributed by atoms with van der Waals surface area (Å²) in [7, 11) is 0. The van der Waals surface area contributed by atoms with Gasteiger partial charge in [-0.2, -0.15) is 0 Å². The average molecular weight is 337 g/mol. The first-order valence-corrected chi connectivity index (χ1v) is 7.56. The molecule has 8 heteroatoms. The maximum Gasteiger partial charge on any atom is 0.321 e. The highest BCUT2D eigenvalue weighted by Crippen LogP contribution is 2.25. The molecule has 1 aliphatic heterocycles. The maximum absolute atomic E-state index is 12.2. The lowest BCUT2D eigenvalue weighted by molar-refractivity contribution is -0.00246.